The van der Waals surface area contributed by atoms with Gasteiger partial charge in [-0.25, -0.2) is 0 Å². The summed E-state index contributed by atoms with van der Waals surface area (Å²) in [6.07, 6.45) is 60.1. The highest BCUT2D eigenvalue weighted by Gasteiger charge is 2.14. The molecule has 5 aromatic rings. The molecule has 0 aromatic heterocycles. The van der Waals surface area contributed by atoms with Gasteiger partial charge in [0, 0.05) is 35.4 Å². The Hall–Kier alpha value is -6.98. The lowest BCUT2D eigenvalue weighted by atomic mass is 9.96. The maximum absolute atomic E-state index is 6.62. The summed E-state index contributed by atoms with van der Waals surface area (Å²) in [7, 11) is 0. The number of ether oxygens (including phenoxy) is 4. The standard InChI is InChI=1S/C82H106O4/c1-7-13-17-21-25-29-33-43-59-83-79-67-77(81(65-71(79)11-5)85-61-45-35-31-27-23-19-15-9-3)57-55-75-63-74(54-52-70-49-41-38-42-50-70)76(64-73(75)53-51-69-47-39-37-40-48-69)56-58-78-68-80(84-60-44-34-30-26-22-18-14-8-2)72(12-6)66-82(78)86-62-46-36-32-28-24-20-16-10-4/h5-6,37-42,47-54,63-68H,7-10,13-36,43-46,59-62H2,1-4H3/b53-51+,54-52+. The number of terminal acetylenes is 2. The average molecular weight is 1160 g/mol. The lowest BCUT2D eigenvalue weighted by Crippen LogP contribution is -2.03. The normalized spacial score (nSPS) is 11.0. The Morgan fingerprint density at radius 1 is 0.279 bits per heavy atom. The predicted molar refractivity (Wildman–Crippen MR) is 370 cm³/mol. The van der Waals surface area contributed by atoms with Gasteiger partial charge in [-0.15, -0.1) is 12.8 Å². The molecule has 0 spiro atoms. The highest BCUT2D eigenvalue weighted by molar-refractivity contribution is 5.80. The summed E-state index contributed by atoms with van der Waals surface area (Å²) in [6, 6.07) is 33.0. The predicted octanol–water partition coefficient (Wildman–Crippen LogP) is 22.9. The minimum atomic E-state index is 0.587. The molecule has 0 fully saturated rings. The van der Waals surface area contributed by atoms with Gasteiger partial charge in [0.2, 0.25) is 0 Å². The molecule has 0 saturated carbocycles. The van der Waals surface area contributed by atoms with Gasteiger partial charge in [0.05, 0.1) is 48.7 Å². The van der Waals surface area contributed by atoms with Crippen molar-refractivity contribution in [3.8, 4) is 71.4 Å². The van der Waals surface area contributed by atoms with E-state index in [1.54, 1.807) is 0 Å². The van der Waals surface area contributed by atoms with E-state index in [-0.39, 0.29) is 0 Å². The molecule has 86 heavy (non-hydrogen) atoms. The van der Waals surface area contributed by atoms with Crippen LogP contribution in [0, 0.1) is 48.4 Å². The average Bonchev–Trinajstić information content (AvgIpc) is 2.74. The van der Waals surface area contributed by atoms with Crippen molar-refractivity contribution in [3.63, 3.8) is 0 Å². The summed E-state index contributed by atoms with van der Waals surface area (Å²) in [6.45, 7) is 11.4. The molecule has 0 radical (unpaired) electrons. The molecule has 0 atom stereocenters. The summed E-state index contributed by atoms with van der Waals surface area (Å²) in [4.78, 5) is 0. The van der Waals surface area contributed by atoms with Crippen molar-refractivity contribution in [3.05, 3.63) is 153 Å². The third kappa shape index (κ3) is 28.5. The van der Waals surface area contributed by atoms with Crippen molar-refractivity contribution in [1.82, 2.24) is 0 Å². The molecule has 5 rings (SSSR count). The summed E-state index contributed by atoms with van der Waals surface area (Å²) < 4.78 is 26.2. The zero-order valence-electron chi connectivity index (χ0n) is 53.8. The topological polar surface area (TPSA) is 36.9 Å². The van der Waals surface area contributed by atoms with E-state index in [0.717, 1.165) is 95.9 Å². The van der Waals surface area contributed by atoms with Gasteiger partial charge >= 0.3 is 0 Å². The molecule has 4 nitrogen and oxygen atoms in total. The van der Waals surface area contributed by atoms with Crippen LogP contribution in [-0.4, -0.2) is 26.4 Å². The number of unbranched alkanes of at least 4 members (excludes halogenated alkanes) is 28. The van der Waals surface area contributed by atoms with Crippen molar-refractivity contribution in [2.24, 2.45) is 0 Å². The lowest BCUT2D eigenvalue weighted by molar-refractivity contribution is 0.295. The minimum absolute atomic E-state index is 0.587. The molecule has 4 heteroatoms. The van der Waals surface area contributed by atoms with Crippen LogP contribution in [0.4, 0.5) is 0 Å². The molecule has 0 amide bonds. The van der Waals surface area contributed by atoms with E-state index in [4.69, 9.17) is 31.8 Å². The van der Waals surface area contributed by atoms with E-state index in [1.807, 2.05) is 36.4 Å². The minimum Gasteiger partial charge on any atom is -0.492 e. The van der Waals surface area contributed by atoms with Crippen molar-refractivity contribution in [1.29, 1.82) is 0 Å². The number of benzene rings is 5. The first-order valence-electron chi connectivity index (χ1n) is 34.0. The summed E-state index contributed by atoms with van der Waals surface area (Å²) >= 11 is 0. The largest absolute Gasteiger partial charge is 0.492 e. The summed E-state index contributed by atoms with van der Waals surface area (Å²) in [5.74, 6) is 23.0. The maximum Gasteiger partial charge on any atom is 0.136 e. The van der Waals surface area contributed by atoms with Crippen molar-refractivity contribution in [2.75, 3.05) is 26.4 Å². The smallest absolute Gasteiger partial charge is 0.136 e. The van der Waals surface area contributed by atoms with Gasteiger partial charge in [-0.3, -0.25) is 0 Å². The van der Waals surface area contributed by atoms with Crippen LogP contribution in [-0.2, 0) is 0 Å². The Kier molecular flexibility index (Phi) is 36.8. The fourth-order valence-electron chi connectivity index (χ4n) is 10.6. The molecule has 0 aliphatic heterocycles. The van der Waals surface area contributed by atoms with Gasteiger partial charge in [-0.05, 0) is 60.1 Å². The molecule has 5 aromatic carbocycles. The molecule has 0 heterocycles. The molecule has 0 aliphatic carbocycles. The number of hydrogen-bond acceptors (Lipinski definition) is 4. The Bertz CT molecular complexity index is 2720. The van der Waals surface area contributed by atoms with Crippen molar-refractivity contribution in [2.45, 2.75) is 233 Å². The monoisotopic (exact) mass is 1150 g/mol. The lowest BCUT2D eigenvalue weighted by Gasteiger charge is -2.14. The Morgan fingerprint density at radius 3 is 0.802 bits per heavy atom. The third-order valence-electron chi connectivity index (χ3n) is 15.9. The second-order valence-electron chi connectivity index (χ2n) is 23.3. The van der Waals surface area contributed by atoms with Crippen molar-refractivity contribution < 1.29 is 18.9 Å². The van der Waals surface area contributed by atoms with E-state index < -0.39 is 0 Å². The van der Waals surface area contributed by atoms with Crippen LogP contribution in [0.1, 0.15) is 289 Å². The van der Waals surface area contributed by atoms with Crippen LogP contribution in [0.2, 0.25) is 0 Å². The van der Waals surface area contributed by atoms with E-state index in [2.05, 4.69) is 148 Å². The Balaban J connectivity index is 1.57. The van der Waals surface area contributed by atoms with Gasteiger partial charge < -0.3 is 18.9 Å². The molecule has 0 bridgehead atoms. The highest BCUT2D eigenvalue weighted by atomic mass is 16.5. The number of rotatable bonds is 44. The quantitative estimate of drug-likeness (QED) is 0.0221. The molecule has 458 valence electrons. The first-order chi connectivity index (χ1) is 42.5. The van der Waals surface area contributed by atoms with Crippen LogP contribution in [0.5, 0.6) is 23.0 Å². The Morgan fingerprint density at radius 2 is 0.523 bits per heavy atom. The summed E-state index contributed by atoms with van der Waals surface area (Å²) in [5, 5.41) is 0. The first-order valence-corrected chi connectivity index (χ1v) is 34.0. The van der Waals surface area contributed by atoms with E-state index in [9.17, 15) is 0 Å². The van der Waals surface area contributed by atoms with Gasteiger partial charge in [0.15, 0.2) is 0 Å². The first kappa shape index (κ1) is 69.8. The van der Waals surface area contributed by atoms with Crippen LogP contribution >= 0.6 is 0 Å². The van der Waals surface area contributed by atoms with Crippen LogP contribution in [0.3, 0.4) is 0 Å². The zero-order valence-corrected chi connectivity index (χ0v) is 53.8. The van der Waals surface area contributed by atoms with Crippen molar-refractivity contribution >= 4 is 24.3 Å². The van der Waals surface area contributed by atoms with Gasteiger partial charge in [-0.2, -0.15) is 0 Å². The second kappa shape index (κ2) is 45.4. The molecule has 0 aliphatic rings. The second-order valence-corrected chi connectivity index (χ2v) is 23.3. The fourth-order valence-corrected chi connectivity index (χ4v) is 10.6. The van der Waals surface area contributed by atoms with E-state index in [0.29, 0.717) is 60.6 Å². The van der Waals surface area contributed by atoms with Gasteiger partial charge in [-0.1, -0.05) is 328 Å². The van der Waals surface area contributed by atoms with E-state index >= 15 is 0 Å². The third-order valence-corrected chi connectivity index (χ3v) is 15.9. The fraction of sp³-hybridized carbons (Fsp3) is 0.488. The van der Waals surface area contributed by atoms with Crippen LogP contribution in [0.25, 0.3) is 24.3 Å². The summed E-state index contributed by atoms with van der Waals surface area (Å²) in [5.41, 5.74) is 8.56. The maximum atomic E-state index is 6.62. The molecule has 0 unspecified atom stereocenters. The molecule has 0 N–H and O–H groups in total. The van der Waals surface area contributed by atoms with Crippen LogP contribution in [0.15, 0.2) is 97.1 Å². The highest BCUT2D eigenvalue weighted by Crippen LogP contribution is 2.32. The zero-order chi connectivity index (χ0) is 60.8. The van der Waals surface area contributed by atoms with Gasteiger partial charge in [0.25, 0.3) is 0 Å². The molecular formula is C82H106O4. The Labute approximate surface area is 524 Å². The SMILES string of the molecule is C#Cc1cc(OCCCCCCCCCC)c(C#Cc2cc(/C=C/c3ccccc3)c(C#Cc3cc(OCCCCCCCCCC)c(C#C)cc3OCCCCCCCCCC)cc2/C=C/c2ccccc2)cc1OCCCCCCCCCC. The van der Waals surface area contributed by atoms with Crippen LogP contribution < -0.4 is 18.9 Å². The van der Waals surface area contributed by atoms with Gasteiger partial charge in [0.1, 0.15) is 23.0 Å². The molecular weight excluding hydrogens is 1050 g/mol. The van der Waals surface area contributed by atoms with E-state index in [1.165, 1.54) is 154 Å². The number of hydrogen-bond donors (Lipinski definition) is 0. The molecule has 0 saturated heterocycles.